The number of hydrogen-bond acceptors (Lipinski definition) is 4. The van der Waals surface area contributed by atoms with Crippen molar-refractivity contribution < 1.29 is 19.4 Å². The summed E-state index contributed by atoms with van der Waals surface area (Å²) in [7, 11) is 0. The quantitative estimate of drug-likeness (QED) is 0.184. The molecule has 10 atom stereocenters. The number of aliphatic carboxylic acids is 1. The number of carboxylic acids is 1. The summed E-state index contributed by atoms with van der Waals surface area (Å²) >= 11 is 0. The standard InChI is InChI=1S/C41H67NO4/c1-26(2)28-14-19-41(22-23-42-27-10-11-27)21-20-39(8)29(35(28)41)12-13-31-38(7)17-16-32(37(5,6)30(38)15-18-40(31,39)9)46-34(45)25-36(3,4)24-33(43)44/h27-32,35,42H,1,10-25H2,2-9H3,(H,43,44)/t28-,29+,30?,31?,32-,35+,38-,39+,40+,41+/m0/s1. The molecule has 5 nitrogen and oxygen atoms in total. The number of ether oxygens (including phenoxy) is 1. The van der Waals surface area contributed by atoms with Crippen molar-refractivity contribution >= 4 is 11.9 Å². The summed E-state index contributed by atoms with van der Waals surface area (Å²) in [6.07, 6.45) is 16.9. The highest BCUT2D eigenvalue weighted by atomic mass is 16.5. The van der Waals surface area contributed by atoms with E-state index in [1.54, 1.807) is 0 Å². The first kappa shape index (κ1) is 34.5. The van der Waals surface area contributed by atoms with Gasteiger partial charge in [-0.1, -0.05) is 60.6 Å². The van der Waals surface area contributed by atoms with Crippen molar-refractivity contribution in [2.24, 2.45) is 62.1 Å². The summed E-state index contributed by atoms with van der Waals surface area (Å²) in [6, 6.07) is 0.791. The number of esters is 1. The predicted molar refractivity (Wildman–Crippen MR) is 185 cm³/mol. The fourth-order valence-electron chi connectivity index (χ4n) is 13.8. The molecule has 6 aliphatic rings. The molecule has 0 aromatic rings. The average molecular weight is 638 g/mol. The molecule has 2 unspecified atom stereocenters. The van der Waals surface area contributed by atoms with Gasteiger partial charge in [0, 0.05) is 11.5 Å². The number of allylic oxidation sites excluding steroid dienone is 1. The van der Waals surface area contributed by atoms with E-state index in [0.717, 1.165) is 30.7 Å². The molecule has 6 rings (SSSR count). The Morgan fingerprint density at radius 2 is 1.57 bits per heavy atom. The molecule has 0 aromatic heterocycles. The maximum absolute atomic E-state index is 13.2. The van der Waals surface area contributed by atoms with Gasteiger partial charge >= 0.3 is 11.9 Å². The van der Waals surface area contributed by atoms with Crippen LogP contribution in [0.3, 0.4) is 0 Å². The van der Waals surface area contributed by atoms with Gasteiger partial charge in [0.2, 0.25) is 0 Å². The third-order valence-corrected chi connectivity index (χ3v) is 16.3. The molecule has 5 heteroatoms. The van der Waals surface area contributed by atoms with Crippen LogP contribution in [0.25, 0.3) is 0 Å². The number of carbonyl (C=O) groups is 2. The molecule has 0 bridgehead atoms. The minimum atomic E-state index is -0.863. The van der Waals surface area contributed by atoms with Gasteiger partial charge in [-0.2, -0.15) is 0 Å². The Kier molecular flexibility index (Phi) is 8.71. The first-order valence-corrected chi connectivity index (χ1v) is 19.2. The van der Waals surface area contributed by atoms with E-state index < -0.39 is 11.4 Å². The molecule has 0 aliphatic heterocycles. The van der Waals surface area contributed by atoms with Gasteiger partial charge in [-0.15, -0.1) is 0 Å². The normalized spacial score (nSPS) is 44.7. The SMILES string of the molecule is C=C(C)[C@@H]1CC[C@]2(CCNC3CC3)CC[C@]3(C)[C@H](CCC4[C@@]5(C)CC[C@H](OC(=O)CC(C)(C)CC(=O)O)C(C)(C)C5CC[C@]43C)[C@@H]12. The molecule has 6 aliphatic carbocycles. The van der Waals surface area contributed by atoms with Gasteiger partial charge in [0.05, 0.1) is 12.8 Å². The van der Waals surface area contributed by atoms with Crippen molar-refractivity contribution in [3.8, 4) is 0 Å². The molecule has 0 heterocycles. The zero-order chi connectivity index (χ0) is 33.5. The van der Waals surface area contributed by atoms with Crippen LogP contribution in [0.1, 0.15) is 152 Å². The summed E-state index contributed by atoms with van der Waals surface area (Å²) in [4.78, 5) is 24.5. The molecule has 6 fully saturated rings. The van der Waals surface area contributed by atoms with E-state index in [4.69, 9.17) is 4.74 Å². The molecule has 0 aromatic carbocycles. The highest BCUT2D eigenvalue weighted by Crippen LogP contribution is 2.78. The Hall–Kier alpha value is -1.36. The smallest absolute Gasteiger partial charge is 0.306 e. The van der Waals surface area contributed by atoms with E-state index in [1.165, 1.54) is 82.7 Å². The van der Waals surface area contributed by atoms with E-state index in [9.17, 15) is 14.7 Å². The minimum Gasteiger partial charge on any atom is -0.481 e. The van der Waals surface area contributed by atoms with Crippen LogP contribution >= 0.6 is 0 Å². The van der Waals surface area contributed by atoms with Crippen LogP contribution in [0, 0.1) is 62.1 Å². The molecule has 0 radical (unpaired) electrons. The number of carbonyl (C=O) groups excluding carboxylic acids is 1. The zero-order valence-corrected chi connectivity index (χ0v) is 30.7. The zero-order valence-electron chi connectivity index (χ0n) is 30.7. The van der Waals surface area contributed by atoms with E-state index in [2.05, 4.69) is 53.4 Å². The molecular formula is C41H67NO4. The van der Waals surface area contributed by atoms with E-state index in [-0.39, 0.29) is 35.7 Å². The first-order chi connectivity index (χ1) is 21.4. The van der Waals surface area contributed by atoms with Gasteiger partial charge in [0.25, 0.3) is 0 Å². The number of carboxylic acid groups (broad SMARTS) is 1. The fourth-order valence-corrected chi connectivity index (χ4v) is 13.8. The molecule has 0 saturated heterocycles. The second kappa shape index (κ2) is 11.6. The Morgan fingerprint density at radius 3 is 2.22 bits per heavy atom. The molecule has 260 valence electrons. The molecule has 0 spiro atoms. The molecule has 0 amide bonds. The number of hydrogen-bond donors (Lipinski definition) is 2. The first-order valence-electron chi connectivity index (χ1n) is 19.2. The highest BCUT2D eigenvalue weighted by Gasteiger charge is 2.71. The second-order valence-electron chi connectivity index (χ2n) is 19.8. The van der Waals surface area contributed by atoms with Crippen molar-refractivity contribution in [1.82, 2.24) is 5.32 Å². The van der Waals surface area contributed by atoms with Crippen molar-refractivity contribution in [2.45, 2.75) is 164 Å². The molecular weight excluding hydrogens is 570 g/mol. The summed E-state index contributed by atoms with van der Waals surface area (Å²) in [5.41, 5.74) is 2.13. The van der Waals surface area contributed by atoms with Gasteiger partial charge in [-0.3, -0.25) is 9.59 Å². The van der Waals surface area contributed by atoms with Crippen LogP contribution in [-0.4, -0.2) is 35.7 Å². The lowest BCUT2D eigenvalue weighted by molar-refractivity contribution is -0.250. The van der Waals surface area contributed by atoms with Crippen LogP contribution in [0.4, 0.5) is 0 Å². The van der Waals surface area contributed by atoms with Crippen LogP contribution in [0.2, 0.25) is 0 Å². The van der Waals surface area contributed by atoms with Gasteiger partial charge in [-0.05, 0) is 154 Å². The summed E-state index contributed by atoms with van der Waals surface area (Å²) in [5, 5.41) is 13.2. The lowest BCUT2D eigenvalue weighted by Gasteiger charge is -2.73. The van der Waals surface area contributed by atoms with Crippen molar-refractivity contribution in [1.29, 1.82) is 0 Å². The lowest BCUT2D eigenvalue weighted by Crippen LogP contribution is -2.66. The topological polar surface area (TPSA) is 75.6 Å². The largest absolute Gasteiger partial charge is 0.481 e. The molecule has 46 heavy (non-hydrogen) atoms. The fraction of sp³-hybridized carbons (Fsp3) is 0.902. The van der Waals surface area contributed by atoms with Crippen molar-refractivity contribution in [3.63, 3.8) is 0 Å². The van der Waals surface area contributed by atoms with Crippen LogP contribution in [-0.2, 0) is 14.3 Å². The summed E-state index contributed by atoms with van der Waals surface area (Å²) in [5.74, 6) is 2.36. The number of rotatable bonds is 10. The Labute approximate surface area is 280 Å². The third kappa shape index (κ3) is 5.53. The number of nitrogens with one attached hydrogen (secondary N) is 1. The Balaban J connectivity index is 1.22. The maximum atomic E-state index is 13.2. The van der Waals surface area contributed by atoms with Gasteiger partial charge < -0.3 is 15.2 Å². The monoisotopic (exact) mass is 638 g/mol. The lowest BCUT2D eigenvalue weighted by atomic mass is 9.32. The van der Waals surface area contributed by atoms with E-state index in [0.29, 0.717) is 34.0 Å². The van der Waals surface area contributed by atoms with Crippen molar-refractivity contribution in [2.75, 3.05) is 6.54 Å². The van der Waals surface area contributed by atoms with Gasteiger partial charge in [0.15, 0.2) is 0 Å². The van der Waals surface area contributed by atoms with Gasteiger partial charge in [0.1, 0.15) is 6.10 Å². The molecule has 2 N–H and O–H groups in total. The van der Waals surface area contributed by atoms with Crippen LogP contribution in [0.5, 0.6) is 0 Å². The average Bonchev–Trinajstić information content (AvgIpc) is 3.67. The third-order valence-electron chi connectivity index (χ3n) is 16.3. The Morgan fingerprint density at radius 1 is 0.848 bits per heavy atom. The predicted octanol–water partition coefficient (Wildman–Crippen LogP) is 9.59. The van der Waals surface area contributed by atoms with Crippen molar-refractivity contribution in [3.05, 3.63) is 12.2 Å². The number of fused-ring (bicyclic) bond motifs is 7. The van der Waals surface area contributed by atoms with E-state index >= 15 is 0 Å². The van der Waals surface area contributed by atoms with Crippen LogP contribution < -0.4 is 5.32 Å². The summed E-state index contributed by atoms with van der Waals surface area (Å²) in [6.45, 7) is 24.7. The van der Waals surface area contributed by atoms with E-state index in [1.807, 2.05) is 13.8 Å². The minimum absolute atomic E-state index is 0.0245. The second-order valence-corrected chi connectivity index (χ2v) is 19.8. The summed E-state index contributed by atoms with van der Waals surface area (Å²) < 4.78 is 6.28. The van der Waals surface area contributed by atoms with Gasteiger partial charge in [-0.25, -0.2) is 0 Å². The molecule has 6 saturated carbocycles. The maximum Gasteiger partial charge on any atom is 0.306 e. The Bertz CT molecular complexity index is 1220. The highest BCUT2D eigenvalue weighted by molar-refractivity contribution is 5.73. The van der Waals surface area contributed by atoms with Crippen LogP contribution in [0.15, 0.2) is 12.2 Å².